The molecule has 0 spiro atoms. The third-order valence-corrected chi connectivity index (χ3v) is 5.88. The van der Waals surface area contributed by atoms with Gasteiger partial charge in [0.25, 0.3) is 0 Å². The Kier molecular flexibility index (Phi) is 4.13. The number of pyridine rings is 2. The van der Waals surface area contributed by atoms with Crippen LogP contribution in [0.25, 0.3) is 44.7 Å². The van der Waals surface area contributed by atoms with Crippen molar-refractivity contribution >= 4 is 27.6 Å². The van der Waals surface area contributed by atoms with Crippen LogP contribution in [-0.4, -0.2) is 73.2 Å². The number of H-pyrrole nitrogens is 2. The van der Waals surface area contributed by atoms with Gasteiger partial charge in [0.05, 0.1) is 29.3 Å². The first-order valence-electron chi connectivity index (χ1n) is 10.3. The van der Waals surface area contributed by atoms with E-state index in [4.69, 9.17) is 0 Å². The number of nitrogens with zero attached hydrogens (tertiary/aromatic N) is 7. The fourth-order valence-electron chi connectivity index (χ4n) is 4.16. The minimum absolute atomic E-state index is 0.729. The molecule has 1 aliphatic heterocycles. The zero-order chi connectivity index (χ0) is 20.8. The number of rotatable bonds is 3. The average Bonchev–Trinajstić information content (AvgIpc) is 3.43. The van der Waals surface area contributed by atoms with Gasteiger partial charge < -0.3 is 14.8 Å². The summed E-state index contributed by atoms with van der Waals surface area (Å²) in [6.07, 6.45) is 8.69. The summed E-state index contributed by atoms with van der Waals surface area (Å²) in [6.45, 7) is 4.13. The molecule has 0 saturated carbocycles. The van der Waals surface area contributed by atoms with Crippen LogP contribution in [0.2, 0.25) is 0 Å². The first-order chi connectivity index (χ1) is 15.3. The Hall–Kier alpha value is -3.85. The lowest BCUT2D eigenvalue weighted by molar-refractivity contribution is 0.313. The molecule has 9 nitrogen and oxygen atoms in total. The lowest BCUT2D eigenvalue weighted by Crippen LogP contribution is -2.44. The van der Waals surface area contributed by atoms with Crippen molar-refractivity contribution < 1.29 is 0 Å². The van der Waals surface area contributed by atoms with E-state index in [1.54, 1.807) is 24.8 Å². The van der Waals surface area contributed by atoms with Crippen molar-refractivity contribution in [3.63, 3.8) is 0 Å². The molecule has 0 unspecified atom stereocenters. The zero-order valence-electron chi connectivity index (χ0n) is 17.1. The van der Waals surface area contributed by atoms with Crippen molar-refractivity contribution in [2.45, 2.75) is 0 Å². The van der Waals surface area contributed by atoms with Crippen molar-refractivity contribution in [2.75, 3.05) is 38.1 Å². The second-order valence-corrected chi connectivity index (χ2v) is 7.84. The van der Waals surface area contributed by atoms with E-state index >= 15 is 0 Å². The first kappa shape index (κ1) is 18.0. The molecule has 154 valence electrons. The third kappa shape index (κ3) is 3.10. The number of fused-ring (bicyclic) bond motifs is 2. The highest BCUT2D eigenvalue weighted by Gasteiger charge is 2.19. The minimum atomic E-state index is 0.729. The summed E-state index contributed by atoms with van der Waals surface area (Å²) in [5.41, 5.74) is 6.20. The van der Waals surface area contributed by atoms with Crippen LogP contribution in [0.4, 0.5) is 5.69 Å². The predicted molar refractivity (Wildman–Crippen MR) is 120 cm³/mol. The summed E-state index contributed by atoms with van der Waals surface area (Å²) < 4.78 is 0. The van der Waals surface area contributed by atoms with Gasteiger partial charge in [0.1, 0.15) is 17.0 Å². The standard InChI is InChI=1S/C22H21N9/c1-30-6-8-31(9-7-30)20-2-3-25-22-15(20)11-17(27-22)21-14-10-16(19-12-23-4-5-24-19)26-13-18(14)28-29-21/h2-5,10-13H,6-9H2,1H3,(H,25,27)(H,28,29). The normalized spacial score (nSPS) is 15.2. The summed E-state index contributed by atoms with van der Waals surface area (Å²) in [7, 11) is 2.17. The van der Waals surface area contributed by atoms with Gasteiger partial charge in [-0.05, 0) is 25.2 Å². The molecule has 0 aromatic carbocycles. The summed E-state index contributed by atoms with van der Waals surface area (Å²) in [5, 5.41) is 9.74. The fraction of sp³-hybridized carbons (Fsp3) is 0.227. The number of piperazine rings is 1. The van der Waals surface area contributed by atoms with Crippen LogP contribution in [0.5, 0.6) is 0 Å². The summed E-state index contributed by atoms with van der Waals surface area (Å²) in [5.74, 6) is 0. The largest absolute Gasteiger partial charge is 0.368 e. The molecule has 0 amide bonds. The fourth-order valence-corrected chi connectivity index (χ4v) is 4.16. The van der Waals surface area contributed by atoms with Gasteiger partial charge >= 0.3 is 0 Å². The molecular weight excluding hydrogens is 390 g/mol. The van der Waals surface area contributed by atoms with Gasteiger partial charge in [0.2, 0.25) is 0 Å². The van der Waals surface area contributed by atoms with Crippen LogP contribution in [0.1, 0.15) is 0 Å². The smallest absolute Gasteiger partial charge is 0.139 e. The quantitative estimate of drug-likeness (QED) is 0.471. The number of hydrogen-bond donors (Lipinski definition) is 2. The SMILES string of the molecule is CN1CCN(c2ccnc3[nH]c(-c4n[nH]c5cnc(-c6cnccn6)cc45)cc23)CC1. The van der Waals surface area contributed by atoms with Gasteiger partial charge in [0, 0.05) is 61.2 Å². The molecule has 2 N–H and O–H groups in total. The van der Waals surface area contributed by atoms with Gasteiger partial charge in [-0.1, -0.05) is 0 Å². The van der Waals surface area contributed by atoms with Gasteiger partial charge in [-0.15, -0.1) is 0 Å². The van der Waals surface area contributed by atoms with Gasteiger partial charge in [-0.25, -0.2) is 4.98 Å². The number of aromatic amines is 2. The number of anilines is 1. The Labute approximate surface area is 178 Å². The van der Waals surface area contributed by atoms with E-state index in [2.05, 4.69) is 64.1 Å². The monoisotopic (exact) mass is 411 g/mol. The molecule has 6 heterocycles. The van der Waals surface area contributed by atoms with Crippen molar-refractivity contribution in [1.29, 1.82) is 0 Å². The number of aromatic nitrogens is 7. The van der Waals surface area contributed by atoms with Crippen LogP contribution < -0.4 is 4.90 Å². The highest BCUT2D eigenvalue weighted by atomic mass is 15.2. The van der Waals surface area contributed by atoms with Crippen LogP contribution >= 0.6 is 0 Å². The lowest BCUT2D eigenvalue weighted by atomic mass is 10.1. The molecule has 0 atom stereocenters. The van der Waals surface area contributed by atoms with E-state index in [0.717, 1.165) is 70.9 Å². The Morgan fingerprint density at radius 2 is 1.77 bits per heavy atom. The summed E-state index contributed by atoms with van der Waals surface area (Å²) >= 11 is 0. The van der Waals surface area contributed by atoms with E-state index in [-0.39, 0.29) is 0 Å². The molecule has 0 radical (unpaired) electrons. The maximum absolute atomic E-state index is 4.57. The molecule has 5 aromatic rings. The van der Waals surface area contributed by atoms with E-state index in [0.29, 0.717) is 0 Å². The van der Waals surface area contributed by atoms with Crippen molar-refractivity contribution in [2.24, 2.45) is 0 Å². The second-order valence-electron chi connectivity index (χ2n) is 7.84. The van der Waals surface area contributed by atoms with Crippen LogP contribution in [0.3, 0.4) is 0 Å². The minimum Gasteiger partial charge on any atom is -0.368 e. The number of hydrogen-bond acceptors (Lipinski definition) is 7. The molecule has 1 fully saturated rings. The van der Waals surface area contributed by atoms with Crippen molar-refractivity contribution in [3.8, 4) is 22.8 Å². The Morgan fingerprint density at radius 3 is 2.61 bits per heavy atom. The Bertz CT molecular complexity index is 1360. The predicted octanol–water partition coefficient (Wildman–Crippen LogP) is 2.71. The van der Waals surface area contributed by atoms with Crippen LogP contribution in [0.15, 0.2) is 49.2 Å². The topological polar surface area (TPSA) is 103 Å². The highest BCUT2D eigenvalue weighted by molar-refractivity contribution is 5.99. The van der Waals surface area contributed by atoms with Gasteiger partial charge in [0.15, 0.2) is 0 Å². The van der Waals surface area contributed by atoms with Crippen molar-refractivity contribution in [1.82, 2.24) is 40.0 Å². The van der Waals surface area contributed by atoms with Crippen molar-refractivity contribution in [3.05, 3.63) is 49.2 Å². The Morgan fingerprint density at radius 1 is 0.871 bits per heavy atom. The van der Waals surface area contributed by atoms with Crippen LogP contribution in [-0.2, 0) is 0 Å². The molecule has 0 aliphatic carbocycles. The molecule has 1 aliphatic rings. The number of likely N-dealkylation sites (N-methyl/N-ethyl adjacent to an activating group) is 1. The van der Waals surface area contributed by atoms with E-state index in [1.807, 2.05) is 12.3 Å². The molecule has 1 saturated heterocycles. The average molecular weight is 411 g/mol. The lowest BCUT2D eigenvalue weighted by Gasteiger charge is -2.34. The molecule has 6 rings (SSSR count). The van der Waals surface area contributed by atoms with Gasteiger partial charge in [-0.3, -0.25) is 20.1 Å². The van der Waals surface area contributed by atoms with E-state index in [9.17, 15) is 0 Å². The van der Waals surface area contributed by atoms with E-state index < -0.39 is 0 Å². The van der Waals surface area contributed by atoms with Gasteiger partial charge in [-0.2, -0.15) is 5.10 Å². The maximum Gasteiger partial charge on any atom is 0.139 e. The molecule has 5 aromatic heterocycles. The molecule has 0 bridgehead atoms. The molecular formula is C22H21N9. The maximum atomic E-state index is 4.57. The highest BCUT2D eigenvalue weighted by Crippen LogP contribution is 2.33. The Balaban J connectivity index is 1.44. The molecule has 9 heteroatoms. The zero-order valence-corrected chi connectivity index (χ0v) is 17.1. The van der Waals surface area contributed by atoms with E-state index in [1.165, 1.54) is 5.69 Å². The summed E-state index contributed by atoms with van der Waals surface area (Å²) in [6, 6.07) is 6.25. The third-order valence-electron chi connectivity index (χ3n) is 5.88. The summed E-state index contributed by atoms with van der Waals surface area (Å²) in [4.78, 5) is 25.8. The second kappa shape index (κ2) is 7.13. The van der Waals surface area contributed by atoms with Crippen LogP contribution in [0, 0.1) is 0 Å². The molecule has 31 heavy (non-hydrogen) atoms. The number of nitrogens with one attached hydrogen (secondary N) is 2. The first-order valence-corrected chi connectivity index (χ1v) is 10.3.